The first kappa shape index (κ1) is 11.6. The van der Waals surface area contributed by atoms with Gasteiger partial charge in [0.05, 0.1) is 0 Å². The van der Waals surface area contributed by atoms with Crippen LogP contribution in [0.2, 0.25) is 0 Å². The number of rotatable bonds is 2. The molecule has 5 nitrogen and oxygen atoms in total. The minimum Gasteiger partial charge on any atom is -0.477 e. The molecule has 1 saturated heterocycles. The molecule has 5 heteroatoms. The number of aromatic carboxylic acids is 1. The number of amides is 1. The van der Waals surface area contributed by atoms with E-state index in [0.29, 0.717) is 5.56 Å². The van der Waals surface area contributed by atoms with Gasteiger partial charge in [-0.25, -0.2) is 9.78 Å². The molecule has 1 N–H and O–H groups in total. The van der Waals surface area contributed by atoms with Crippen LogP contribution in [0, 0.1) is 0 Å². The number of carboxylic acids is 1. The maximum atomic E-state index is 12.1. The summed E-state index contributed by atoms with van der Waals surface area (Å²) in [6.45, 7) is 1.51. The third-order valence-electron chi connectivity index (χ3n) is 2.87. The van der Waals surface area contributed by atoms with Gasteiger partial charge in [-0.05, 0) is 31.4 Å². The number of likely N-dealkylation sites (tertiary alicyclic amines) is 1. The highest BCUT2D eigenvalue weighted by atomic mass is 16.4. The van der Waals surface area contributed by atoms with Crippen LogP contribution in [-0.2, 0) is 0 Å². The predicted octanol–water partition coefficient (Wildman–Crippen LogP) is 1.41. The predicted molar refractivity (Wildman–Crippen MR) is 61.0 cm³/mol. The molecule has 90 valence electrons. The third kappa shape index (κ3) is 2.61. The summed E-state index contributed by atoms with van der Waals surface area (Å²) < 4.78 is 0. The van der Waals surface area contributed by atoms with Crippen LogP contribution in [0.4, 0.5) is 0 Å². The topological polar surface area (TPSA) is 70.5 Å². The molecule has 2 heterocycles. The Kier molecular flexibility index (Phi) is 3.37. The first-order valence-corrected chi connectivity index (χ1v) is 5.67. The van der Waals surface area contributed by atoms with Gasteiger partial charge in [-0.15, -0.1) is 0 Å². The zero-order valence-electron chi connectivity index (χ0n) is 9.43. The van der Waals surface area contributed by atoms with Crippen molar-refractivity contribution in [2.75, 3.05) is 13.1 Å². The van der Waals surface area contributed by atoms with E-state index in [4.69, 9.17) is 5.11 Å². The fraction of sp³-hybridized carbons (Fsp3) is 0.417. The minimum absolute atomic E-state index is 0.0899. The first-order chi connectivity index (χ1) is 8.18. The molecule has 0 spiro atoms. The summed E-state index contributed by atoms with van der Waals surface area (Å²) in [5.74, 6) is -1.21. The van der Waals surface area contributed by atoms with Crippen LogP contribution in [0.15, 0.2) is 18.3 Å². The second-order valence-corrected chi connectivity index (χ2v) is 4.09. The van der Waals surface area contributed by atoms with Gasteiger partial charge in [0.15, 0.2) is 0 Å². The molecular weight excluding hydrogens is 220 g/mol. The summed E-state index contributed by atoms with van der Waals surface area (Å²) in [6, 6.07) is 2.89. The fourth-order valence-electron chi connectivity index (χ4n) is 1.96. The van der Waals surface area contributed by atoms with Crippen molar-refractivity contribution in [2.24, 2.45) is 0 Å². The Hall–Kier alpha value is -1.91. The molecule has 0 aromatic carbocycles. The van der Waals surface area contributed by atoms with Crippen LogP contribution in [0.3, 0.4) is 0 Å². The van der Waals surface area contributed by atoms with Crippen molar-refractivity contribution in [1.29, 1.82) is 0 Å². The Morgan fingerprint density at radius 3 is 2.59 bits per heavy atom. The molecule has 1 aliphatic rings. The summed E-state index contributed by atoms with van der Waals surface area (Å²) in [6.07, 6.45) is 4.55. The monoisotopic (exact) mass is 234 g/mol. The first-order valence-electron chi connectivity index (χ1n) is 5.67. The van der Waals surface area contributed by atoms with E-state index in [1.165, 1.54) is 12.3 Å². The highest BCUT2D eigenvalue weighted by molar-refractivity contribution is 5.96. The van der Waals surface area contributed by atoms with Gasteiger partial charge in [0.2, 0.25) is 0 Å². The lowest BCUT2D eigenvalue weighted by Gasteiger charge is -2.26. The fourth-order valence-corrected chi connectivity index (χ4v) is 1.96. The number of hydrogen-bond acceptors (Lipinski definition) is 3. The van der Waals surface area contributed by atoms with Gasteiger partial charge in [0, 0.05) is 24.8 Å². The Labute approximate surface area is 99.1 Å². The highest BCUT2D eigenvalue weighted by Crippen LogP contribution is 2.13. The molecule has 1 aromatic heterocycles. The van der Waals surface area contributed by atoms with E-state index in [-0.39, 0.29) is 11.6 Å². The Balaban J connectivity index is 2.18. The SMILES string of the molecule is O=C(O)c1cc(C(=O)N2CCCCC2)ccn1. The number of carbonyl (C=O) groups is 2. The van der Waals surface area contributed by atoms with Crippen LogP contribution < -0.4 is 0 Å². The quantitative estimate of drug-likeness (QED) is 0.839. The van der Waals surface area contributed by atoms with Crippen molar-refractivity contribution in [3.05, 3.63) is 29.6 Å². The second kappa shape index (κ2) is 4.95. The standard InChI is InChI=1S/C12H14N2O3/c15-11(14-6-2-1-3-7-14)9-4-5-13-10(8-9)12(16)17/h4-5,8H,1-3,6-7H2,(H,16,17). The Bertz CT molecular complexity index is 439. The second-order valence-electron chi connectivity index (χ2n) is 4.09. The van der Waals surface area contributed by atoms with Gasteiger partial charge in [0.25, 0.3) is 5.91 Å². The van der Waals surface area contributed by atoms with E-state index < -0.39 is 5.97 Å². The average molecular weight is 234 g/mol. The van der Waals surface area contributed by atoms with E-state index in [2.05, 4.69) is 4.98 Å². The van der Waals surface area contributed by atoms with Crippen LogP contribution in [0.25, 0.3) is 0 Å². The van der Waals surface area contributed by atoms with Crippen LogP contribution in [0.1, 0.15) is 40.1 Å². The average Bonchev–Trinajstić information content (AvgIpc) is 2.39. The van der Waals surface area contributed by atoms with E-state index in [1.807, 2.05) is 0 Å². The smallest absolute Gasteiger partial charge is 0.354 e. The molecule has 0 bridgehead atoms. The summed E-state index contributed by atoms with van der Waals surface area (Å²) >= 11 is 0. The van der Waals surface area contributed by atoms with E-state index >= 15 is 0 Å². The number of nitrogens with zero attached hydrogens (tertiary/aromatic N) is 2. The van der Waals surface area contributed by atoms with Crippen molar-refractivity contribution in [1.82, 2.24) is 9.88 Å². The molecule has 2 rings (SSSR count). The molecule has 1 aromatic rings. The largest absolute Gasteiger partial charge is 0.477 e. The third-order valence-corrected chi connectivity index (χ3v) is 2.87. The molecule has 0 atom stereocenters. The number of carbonyl (C=O) groups excluding carboxylic acids is 1. The van der Waals surface area contributed by atoms with Gasteiger partial charge >= 0.3 is 5.97 Å². The molecule has 0 saturated carbocycles. The maximum absolute atomic E-state index is 12.1. The van der Waals surface area contributed by atoms with Crippen molar-refractivity contribution in [2.45, 2.75) is 19.3 Å². The zero-order valence-corrected chi connectivity index (χ0v) is 9.43. The van der Waals surface area contributed by atoms with Crippen LogP contribution in [-0.4, -0.2) is 40.0 Å². The minimum atomic E-state index is -1.11. The van der Waals surface area contributed by atoms with E-state index in [9.17, 15) is 9.59 Å². The molecule has 17 heavy (non-hydrogen) atoms. The number of hydrogen-bond donors (Lipinski definition) is 1. The van der Waals surface area contributed by atoms with Crippen LogP contribution in [0.5, 0.6) is 0 Å². The van der Waals surface area contributed by atoms with Crippen molar-refractivity contribution in [3.8, 4) is 0 Å². The molecule has 0 radical (unpaired) electrons. The lowest BCUT2D eigenvalue weighted by atomic mass is 10.1. The maximum Gasteiger partial charge on any atom is 0.354 e. The van der Waals surface area contributed by atoms with Gasteiger partial charge < -0.3 is 10.0 Å². The molecule has 0 aliphatic carbocycles. The summed E-state index contributed by atoms with van der Waals surface area (Å²) in [5.41, 5.74) is 0.312. The van der Waals surface area contributed by atoms with Crippen molar-refractivity contribution >= 4 is 11.9 Å². The molecule has 0 unspecified atom stereocenters. The van der Waals surface area contributed by atoms with Gasteiger partial charge in [-0.3, -0.25) is 4.79 Å². The van der Waals surface area contributed by atoms with Gasteiger partial charge in [-0.1, -0.05) is 0 Å². The number of aromatic nitrogens is 1. The summed E-state index contributed by atoms with van der Waals surface area (Å²) in [4.78, 5) is 28.3. The lowest BCUT2D eigenvalue weighted by Crippen LogP contribution is -2.35. The van der Waals surface area contributed by atoms with Crippen LogP contribution >= 0.6 is 0 Å². The van der Waals surface area contributed by atoms with Gasteiger partial charge in [0.1, 0.15) is 5.69 Å². The molecule has 1 amide bonds. The van der Waals surface area contributed by atoms with Crippen molar-refractivity contribution < 1.29 is 14.7 Å². The summed E-state index contributed by atoms with van der Waals surface area (Å²) in [7, 11) is 0. The summed E-state index contributed by atoms with van der Waals surface area (Å²) in [5, 5.41) is 8.81. The normalized spacial score (nSPS) is 15.6. The van der Waals surface area contributed by atoms with Crippen molar-refractivity contribution in [3.63, 3.8) is 0 Å². The van der Waals surface area contributed by atoms with E-state index in [0.717, 1.165) is 32.4 Å². The number of pyridine rings is 1. The van der Waals surface area contributed by atoms with E-state index in [1.54, 1.807) is 11.0 Å². The van der Waals surface area contributed by atoms with Gasteiger partial charge in [-0.2, -0.15) is 0 Å². The molecule has 1 fully saturated rings. The number of piperidine rings is 1. The molecule has 1 aliphatic heterocycles. The number of carboxylic acid groups (broad SMARTS) is 1. The zero-order chi connectivity index (χ0) is 12.3. The Morgan fingerprint density at radius 2 is 1.94 bits per heavy atom. The Morgan fingerprint density at radius 1 is 1.24 bits per heavy atom. The highest BCUT2D eigenvalue weighted by Gasteiger charge is 2.19. The lowest BCUT2D eigenvalue weighted by molar-refractivity contribution is 0.0690. The molecular formula is C12H14N2O3.